The van der Waals surface area contributed by atoms with Gasteiger partial charge in [-0.25, -0.2) is 9.97 Å². The summed E-state index contributed by atoms with van der Waals surface area (Å²) < 4.78 is 2.49. The van der Waals surface area contributed by atoms with Crippen LogP contribution in [0.3, 0.4) is 0 Å². The second kappa shape index (κ2) is 4.25. The predicted octanol–water partition coefficient (Wildman–Crippen LogP) is 5.50. The minimum absolute atomic E-state index is 0.112. The van der Waals surface area contributed by atoms with Gasteiger partial charge in [-0.3, -0.25) is 0 Å². The zero-order chi connectivity index (χ0) is 14.7. The molecule has 106 valence electrons. The Morgan fingerprint density at radius 2 is 1.05 bits per heavy atom. The Morgan fingerprint density at radius 1 is 0.700 bits per heavy atom. The van der Waals surface area contributed by atoms with E-state index in [1.54, 1.807) is 22.7 Å². The average Bonchev–Trinajstić information content (AvgIpc) is 2.85. The molecule has 0 N–H and O–H groups in total. The summed E-state index contributed by atoms with van der Waals surface area (Å²) in [7, 11) is 0. The molecule has 0 fully saturated rings. The maximum absolute atomic E-state index is 4.80. The lowest BCUT2D eigenvalue weighted by atomic mass is 9.98. The second-order valence-electron chi connectivity index (χ2n) is 7.33. The lowest BCUT2D eigenvalue weighted by Gasteiger charge is -2.13. The van der Waals surface area contributed by atoms with E-state index < -0.39 is 0 Å². The first-order valence-electron chi connectivity index (χ1n) is 6.87. The van der Waals surface area contributed by atoms with E-state index in [1.807, 2.05) is 0 Å². The van der Waals surface area contributed by atoms with Crippen molar-refractivity contribution in [2.75, 3.05) is 0 Å². The molecule has 0 bridgehead atoms. The van der Waals surface area contributed by atoms with Gasteiger partial charge in [-0.05, 0) is 12.1 Å². The Bertz CT molecular complexity index is 668. The van der Waals surface area contributed by atoms with E-state index in [4.69, 9.17) is 9.97 Å². The Balaban J connectivity index is 2.20. The Kier molecular flexibility index (Phi) is 2.96. The third-order valence-electron chi connectivity index (χ3n) is 3.18. The molecule has 3 aromatic rings. The van der Waals surface area contributed by atoms with Gasteiger partial charge < -0.3 is 0 Å². The Morgan fingerprint density at radius 3 is 1.35 bits per heavy atom. The molecule has 0 spiro atoms. The van der Waals surface area contributed by atoms with E-state index >= 15 is 0 Å². The SMILES string of the molecule is CC(C)(C)c1nc2cc3sc(C(C)(C)C)nc3cc2s1. The van der Waals surface area contributed by atoms with E-state index in [-0.39, 0.29) is 10.8 Å². The van der Waals surface area contributed by atoms with Crippen LogP contribution in [-0.4, -0.2) is 9.97 Å². The highest BCUT2D eigenvalue weighted by molar-refractivity contribution is 7.20. The summed E-state index contributed by atoms with van der Waals surface area (Å²) in [4.78, 5) is 9.61. The number of rotatable bonds is 0. The summed E-state index contributed by atoms with van der Waals surface area (Å²) >= 11 is 3.58. The van der Waals surface area contributed by atoms with Gasteiger partial charge >= 0.3 is 0 Å². The monoisotopic (exact) mass is 304 g/mol. The van der Waals surface area contributed by atoms with E-state index in [1.165, 1.54) is 19.4 Å². The molecule has 2 nitrogen and oxygen atoms in total. The topological polar surface area (TPSA) is 25.8 Å². The zero-order valence-electron chi connectivity index (χ0n) is 12.9. The normalized spacial score (nSPS) is 13.5. The molecule has 20 heavy (non-hydrogen) atoms. The summed E-state index contributed by atoms with van der Waals surface area (Å²) in [6.07, 6.45) is 0. The third-order valence-corrected chi connectivity index (χ3v) is 6.07. The van der Waals surface area contributed by atoms with Gasteiger partial charge in [0.1, 0.15) is 0 Å². The van der Waals surface area contributed by atoms with Crippen LogP contribution in [0.4, 0.5) is 0 Å². The standard InChI is InChI=1S/C16H20N2S2/c1-15(2,3)13-17-9-7-12-10(8-11(9)19-13)18-14(20-12)16(4,5)6/h7-8H,1-6H3. The predicted molar refractivity (Wildman–Crippen MR) is 90.2 cm³/mol. The molecule has 0 atom stereocenters. The summed E-state index contributed by atoms with van der Waals surface area (Å²) in [5.74, 6) is 0. The van der Waals surface area contributed by atoms with Crippen LogP contribution in [0.1, 0.15) is 51.6 Å². The van der Waals surface area contributed by atoms with Crippen LogP contribution in [0, 0.1) is 0 Å². The molecule has 4 heteroatoms. The average molecular weight is 304 g/mol. The van der Waals surface area contributed by atoms with Gasteiger partial charge in [0.15, 0.2) is 0 Å². The second-order valence-corrected chi connectivity index (χ2v) is 9.39. The van der Waals surface area contributed by atoms with Gasteiger partial charge in [-0.15, -0.1) is 22.7 Å². The van der Waals surface area contributed by atoms with Gasteiger partial charge in [-0.2, -0.15) is 0 Å². The van der Waals surface area contributed by atoms with Crippen molar-refractivity contribution in [2.45, 2.75) is 52.4 Å². The fourth-order valence-electron chi connectivity index (χ4n) is 1.99. The molecule has 1 aromatic carbocycles. The van der Waals surface area contributed by atoms with E-state index in [2.05, 4.69) is 53.7 Å². The highest BCUT2D eigenvalue weighted by Gasteiger charge is 2.21. The number of hydrogen-bond donors (Lipinski definition) is 0. The number of hydrogen-bond acceptors (Lipinski definition) is 4. The molecule has 0 saturated heterocycles. The summed E-state index contributed by atoms with van der Waals surface area (Å²) in [6, 6.07) is 4.40. The van der Waals surface area contributed by atoms with Gasteiger partial charge in [0, 0.05) is 10.8 Å². The van der Waals surface area contributed by atoms with Gasteiger partial charge in [0.05, 0.1) is 30.4 Å². The maximum Gasteiger partial charge on any atom is 0.0992 e. The van der Waals surface area contributed by atoms with E-state index in [9.17, 15) is 0 Å². The number of aromatic nitrogens is 2. The Hall–Kier alpha value is -1.00. The summed E-state index contributed by atoms with van der Waals surface area (Å²) in [5.41, 5.74) is 2.44. The first kappa shape index (κ1) is 14.0. The van der Waals surface area contributed by atoms with Crippen molar-refractivity contribution < 1.29 is 0 Å². The minimum Gasteiger partial charge on any atom is -0.241 e. The van der Waals surface area contributed by atoms with Crippen LogP contribution in [0.25, 0.3) is 20.4 Å². The molecular formula is C16H20N2S2. The number of benzene rings is 1. The molecule has 3 rings (SSSR count). The first-order chi connectivity index (χ1) is 9.14. The van der Waals surface area contributed by atoms with Crippen molar-refractivity contribution in [3.05, 3.63) is 22.1 Å². The fourth-order valence-corrected chi connectivity index (χ4v) is 4.07. The number of thiazole rings is 2. The van der Waals surface area contributed by atoms with Crippen molar-refractivity contribution in [2.24, 2.45) is 0 Å². The van der Waals surface area contributed by atoms with Crippen LogP contribution >= 0.6 is 22.7 Å². The molecule has 2 aromatic heterocycles. The van der Waals surface area contributed by atoms with Crippen molar-refractivity contribution in [3.63, 3.8) is 0 Å². The first-order valence-corrected chi connectivity index (χ1v) is 8.50. The zero-order valence-corrected chi connectivity index (χ0v) is 14.5. The molecule has 0 amide bonds. The Labute approximate surface area is 127 Å². The summed E-state index contributed by atoms with van der Waals surface area (Å²) in [5, 5.41) is 2.39. The molecular weight excluding hydrogens is 284 g/mol. The largest absolute Gasteiger partial charge is 0.241 e. The smallest absolute Gasteiger partial charge is 0.0992 e. The maximum atomic E-state index is 4.80. The van der Waals surface area contributed by atoms with Crippen LogP contribution < -0.4 is 0 Å². The van der Waals surface area contributed by atoms with Crippen LogP contribution in [0.2, 0.25) is 0 Å². The number of nitrogens with zero attached hydrogens (tertiary/aromatic N) is 2. The highest BCUT2D eigenvalue weighted by Crippen LogP contribution is 2.37. The van der Waals surface area contributed by atoms with Gasteiger partial charge in [-0.1, -0.05) is 41.5 Å². The lowest BCUT2D eigenvalue weighted by Crippen LogP contribution is -2.09. The van der Waals surface area contributed by atoms with Gasteiger partial charge in [0.2, 0.25) is 0 Å². The molecule has 0 radical (unpaired) electrons. The van der Waals surface area contributed by atoms with E-state index in [0.717, 1.165) is 11.0 Å². The van der Waals surface area contributed by atoms with Crippen molar-refractivity contribution in [1.29, 1.82) is 0 Å². The highest BCUT2D eigenvalue weighted by atomic mass is 32.1. The fraction of sp³-hybridized carbons (Fsp3) is 0.500. The number of fused-ring (bicyclic) bond motifs is 2. The molecule has 0 unspecified atom stereocenters. The van der Waals surface area contributed by atoms with E-state index in [0.29, 0.717) is 0 Å². The molecule has 0 aliphatic carbocycles. The van der Waals surface area contributed by atoms with Crippen LogP contribution in [0.5, 0.6) is 0 Å². The van der Waals surface area contributed by atoms with Crippen molar-refractivity contribution in [3.8, 4) is 0 Å². The molecule has 0 aliphatic rings. The van der Waals surface area contributed by atoms with Crippen molar-refractivity contribution >= 4 is 43.1 Å². The molecule has 0 saturated carbocycles. The lowest BCUT2D eigenvalue weighted by molar-refractivity contribution is 0.586. The van der Waals surface area contributed by atoms with Crippen molar-refractivity contribution in [1.82, 2.24) is 9.97 Å². The third kappa shape index (κ3) is 2.35. The van der Waals surface area contributed by atoms with Crippen LogP contribution in [0.15, 0.2) is 12.1 Å². The molecule has 2 heterocycles. The van der Waals surface area contributed by atoms with Gasteiger partial charge in [0.25, 0.3) is 0 Å². The quantitative estimate of drug-likeness (QED) is 0.548. The molecule has 0 aliphatic heterocycles. The summed E-state index contributed by atoms with van der Waals surface area (Å²) in [6.45, 7) is 13.3. The van der Waals surface area contributed by atoms with Crippen LogP contribution in [-0.2, 0) is 10.8 Å². The minimum atomic E-state index is 0.112.